The molecule has 3 heteroatoms. The molecule has 1 aromatic rings. The minimum Gasteiger partial charge on any atom is -0.387 e. The Kier molecular flexibility index (Phi) is 3.70. The van der Waals surface area contributed by atoms with E-state index in [1.54, 1.807) is 12.3 Å². The first-order valence-electron chi connectivity index (χ1n) is 4.60. The van der Waals surface area contributed by atoms with Crippen LogP contribution in [0.15, 0.2) is 12.3 Å². The van der Waals surface area contributed by atoms with Crippen LogP contribution in [0.4, 0.5) is 0 Å². The Hall–Kier alpha value is -0.600. The first-order chi connectivity index (χ1) is 6.29. The molecule has 0 amide bonds. The predicted octanol–water partition coefficient (Wildman–Crippen LogP) is 2.74. The van der Waals surface area contributed by atoms with Gasteiger partial charge in [0.1, 0.15) is 0 Å². The van der Waals surface area contributed by atoms with E-state index in [4.69, 9.17) is 11.6 Å². The summed E-state index contributed by atoms with van der Waals surface area (Å²) in [5.74, 6) is 0. The molecule has 72 valence electrons. The highest BCUT2D eigenvalue weighted by atomic mass is 35.5. The summed E-state index contributed by atoms with van der Waals surface area (Å²) in [6.07, 6.45) is 2.84. The van der Waals surface area contributed by atoms with Crippen molar-refractivity contribution in [3.05, 3.63) is 28.5 Å². The van der Waals surface area contributed by atoms with Crippen LogP contribution in [-0.4, -0.2) is 10.1 Å². The number of nitrogens with zero attached hydrogens (tertiary/aromatic N) is 1. The fourth-order valence-electron chi connectivity index (χ4n) is 1.44. The molecule has 1 heterocycles. The zero-order chi connectivity index (χ0) is 9.84. The highest BCUT2D eigenvalue weighted by Crippen LogP contribution is 2.33. The van der Waals surface area contributed by atoms with Crippen molar-refractivity contribution in [2.75, 3.05) is 0 Å². The van der Waals surface area contributed by atoms with Crippen molar-refractivity contribution < 1.29 is 5.11 Å². The summed E-state index contributed by atoms with van der Waals surface area (Å²) in [6.45, 7) is 4.00. The normalized spacial score (nSPS) is 18.9. The maximum absolute atomic E-state index is 9.38. The van der Waals surface area contributed by atoms with Crippen LogP contribution in [0.1, 0.15) is 37.6 Å². The molecule has 1 atom stereocenters. The molecular weight excluding hydrogens is 186 g/mol. The van der Waals surface area contributed by atoms with Crippen molar-refractivity contribution in [2.24, 2.45) is 0 Å². The van der Waals surface area contributed by atoms with Gasteiger partial charge in [-0.15, -0.1) is 0 Å². The third-order valence-corrected chi connectivity index (χ3v) is 2.37. The summed E-state index contributed by atoms with van der Waals surface area (Å²) in [6, 6.07) is 1.76. The molecule has 0 fully saturated rings. The van der Waals surface area contributed by atoms with Crippen LogP contribution >= 0.6 is 11.6 Å². The summed E-state index contributed by atoms with van der Waals surface area (Å²) in [5, 5.41) is 10.1. The van der Waals surface area contributed by atoms with Crippen molar-refractivity contribution in [1.29, 1.82) is 0 Å². The molecule has 0 saturated heterocycles. The van der Waals surface area contributed by atoms with Crippen LogP contribution in [0.2, 0.25) is 5.02 Å². The van der Waals surface area contributed by atoms with Crippen molar-refractivity contribution in [3.8, 4) is 0 Å². The highest BCUT2D eigenvalue weighted by molar-refractivity contribution is 6.31. The minimum atomic E-state index is -0.399. The topological polar surface area (TPSA) is 33.1 Å². The average Bonchev–Trinajstić information content (AvgIpc) is 2.53. The second-order valence-electron chi connectivity index (χ2n) is 2.71. The number of hydrogen-bond acceptors (Lipinski definition) is 2. The van der Waals surface area contributed by atoms with E-state index in [9.17, 15) is 5.11 Å². The van der Waals surface area contributed by atoms with Gasteiger partial charge in [-0.3, -0.25) is 4.98 Å². The predicted molar refractivity (Wildman–Crippen MR) is 53.9 cm³/mol. The largest absolute Gasteiger partial charge is 0.387 e. The number of aromatic nitrogens is 1. The smallest absolute Gasteiger partial charge is 0.0966 e. The van der Waals surface area contributed by atoms with Gasteiger partial charge in [-0.2, -0.15) is 0 Å². The molecule has 0 aliphatic heterocycles. The molecule has 1 aromatic heterocycles. The molecule has 1 N–H and O–H groups in total. The second-order valence-corrected chi connectivity index (χ2v) is 3.12. The molecule has 2 nitrogen and oxygen atoms in total. The average molecular weight is 200 g/mol. The van der Waals surface area contributed by atoms with Gasteiger partial charge in [0.2, 0.25) is 0 Å². The van der Waals surface area contributed by atoms with Crippen molar-refractivity contribution >= 4 is 11.6 Å². The number of rotatable bonds is 0. The van der Waals surface area contributed by atoms with Crippen molar-refractivity contribution in [1.82, 2.24) is 4.98 Å². The third-order valence-electron chi connectivity index (χ3n) is 2.02. The Bertz CT molecular complexity index is 288. The molecule has 2 rings (SSSR count). The van der Waals surface area contributed by atoms with Crippen molar-refractivity contribution in [3.63, 3.8) is 0 Å². The van der Waals surface area contributed by atoms with Crippen LogP contribution in [0, 0.1) is 0 Å². The minimum absolute atomic E-state index is 0.399. The van der Waals surface area contributed by atoms with Crippen LogP contribution < -0.4 is 0 Å². The van der Waals surface area contributed by atoms with Gasteiger partial charge in [0.15, 0.2) is 0 Å². The lowest BCUT2D eigenvalue weighted by molar-refractivity contribution is 0.176. The lowest BCUT2D eigenvalue weighted by Crippen LogP contribution is -1.93. The fourth-order valence-corrected chi connectivity index (χ4v) is 1.68. The Morgan fingerprint density at radius 3 is 2.85 bits per heavy atom. The van der Waals surface area contributed by atoms with Gasteiger partial charge < -0.3 is 5.11 Å². The molecule has 0 aromatic carbocycles. The molecule has 0 spiro atoms. The number of fused-ring (bicyclic) bond motifs is 1. The lowest BCUT2D eigenvalue weighted by atomic mass is 10.2. The summed E-state index contributed by atoms with van der Waals surface area (Å²) in [5.41, 5.74) is 1.78. The molecular formula is C10H14ClNO. The van der Waals surface area contributed by atoms with E-state index in [0.29, 0.717) is 0 Å². The summed E-state index contributed by atoms with van der Waals surface area (Å²) >= 11 is 5.88. The van der Waals surface area contributed by atoms with Gasteiger partial charge in [0.25, 0.3) is 0 Å². The fraction of sp³-hybridized carbons (Fsp3) is 0.500. The second kappa shape index (κ2) is 4.58. The summed E-state index contributed by atoms with van der Waals surface area (Å²) < 4.78 is 0. The number of halogens is 1. The zero-order valence-electron chi connectivity index (χ0n) is 7.92. The Balaban J connectivity index is 0.000000396. The number of pyridine rings is 1. The Morgan fingerprint density at radius 2 is 2.23 bits per heavy atom. The van der Waals surface area contributed by atoms with E-state index in [0.717, 1.165) is 29.1 Å². The molecule has 0 radical (unpaired) electrons. The van der Waals surface area contributed by atoms with Gasteiger partial charge in [0, 0.05) is 11.2 Å². The Morgan fingerprint density at radius 1 is 1.54 bits per heavy atom. The van der Waals surface area contributed by atoms with Crippen molar-refractivity contribution in [2.45, 2.75) is 32.8 Å². The highest BCUT2D eigenvalue weighted by Gasteiger charge is 2.23. The van der Waals surface area contributed by atoms with Gasteiger partial charge in [-0.05, 0) is 24.5 Å². The summed E-state index contributed by atoms with van der Waals surface area (Å²) in [7, 11) is 0. The van der Waals surface area contributed by atoms with E-state index in [2.05, 4.69) is 4.98 Å². The SMILES string of the molecule is CC.OC1CCc2c(Cl)ccnc21. The zero-order valence-corrected chi connectivity index (χ0v) is 8.67. The number of aliphatic hydroxyl groups is 1. The van der Waals surface area contributed by atoms with Gasteiger partial charge >= 0.3 is 0 Å². The molecule has 1 unspecified atom stereocenters. The molecule has 0 bridgehead atoms. The van der Waals surface area contributed by atoms with E-state index >= 15 is 0 Å². The standard InChI is InChI=1S/C8H8ClNO.C2H6/c9-6-3-4-10-8-5(6)1-2-7(8)11;1-2/h3-4,7,11H,1-2H2;1-2H3. The maximum Gasteiger partial charge on any atom is 0.0966 e. The van der Waals surface area contributed by atoms with Crippen LogP contribution in [-0.2, 0) is 6.42 Å². The van der Waals surface area contributed by atoms with Crippen LogP contribution in [0.5, 0.6) is 0 Å². The molecule has 13 heavy (non-hydrogen) atoms. The van der Waals surface area contributed by atoms with E-state index in [-0.39, 0.29) is 0 Å². The monoisotopic (exact) mass is 199 g/mol. The van der Waals surface area contributed by atoms with Gasteiger partial charge in [0.05, 0.1) is 11.8 Å². The van der Waals surface area contributed by atoms with E-state index < -0.39 is 6.10 Å². The molecule has 0 saturated carbocycles. The lowest BCUT2D eigenvalue weighted by Gasteiger charge is -2.01. The Labute approximate surface area is 83.6 Å². The third kappa shape index (κ3) is 2.01. The molecule has 1 aliphatic rings. The van der Waals surface area contributed by atoms with Crippen LogP contribution in [0.3, 0.4) is 0 Å². The number of aliphatic hydroxyl groups excluding tert-OH is 1. The van der Waals surface area contributed by atoms with Gasteiger partial charge in [-0.25, -0.2) is 0 Å². The molecule has 1 aliphatic carbocycles. The van der Waals surface area contributed by atoms with E-state index in [1.165, 1.54) is 0 Å². The van der Waals surface area contributed by atoms with E-state index in [1.807, 2.05) is 13.8 Å². The maximum atomic E-state index is 9.38. The number of hydrogen-bond donors (Lipinski definition) is 1. The van der Waals surface area contributed by atoms with Crippen LogP contribution in [0.25, 0.3) is 0 Å². The first-order valence-corrected chi connectivity index (χ1v) is 4.98. The first kappa shape index (κ1) is 10.5. The van der Waals surface area contributed by atoms with Gasteiger partial charge in [-0.1, -0.05) is 25.4 Å². The quantitative estimate of drug-likeness (QED) is 0.697. The summed E-state index contributed by atoms with van der Waals surface area (Å²) in [4.78, 5) is 4.07.